The van der Waals surface area contributed by atoms with Crippen molar-refractivity contribution in [3.05, 3.63) is 105 Å². The van der Waals surface area contributed by atoms with E-state index in [0.717, 1.165) is 55.7 Å². The molecule has 8 rings (SSSR count). The standard InChI is InChI=1S/C18H26ClNO3.2C13H18ClNO.C12H21NO3.C10H17NO3.2CH4.Ar.Li.H/c1-16(2,3)23-15(21)20-11-10-18(22,17(4,5)12-20)13-6-8-14(19)9-7-13;2*1-12(2)9-15-8-7-13(12,16)10-3-5-11(14)6-4-10;1-11(2,3)16-10(15)13-7-6-9(14)12(4,5)8-13;1-10(2,3)14-9(13)11-6-4-8(12)5-7-11;;;;;/h6-9,22H,10-12H2,1-5H3;2*3-6,15-16H,7-9H2,1-2H3;6-8H2,1-5H3;4-7H2,1-3H3;2*1H4;;;/q;;;;;;;;+1;-1. The molecule has 0 radical (unpaired) electrons. The van der Waals surface area contributed by atoms with E-state index in [1.807, 2.05) is 151 Å². The Morgan fingerprint density at radius 2 is 0.764 bits per heavy atom. The number of hydrogen-bond donors (Lipinski definition) is 5. The summed E-state index contributed by atoms with van der Waals surface area (Å²) in [4.78, 5) is 63.0. The maximum absolute atomic E-state index is 12.3. The number of carbonyl (C=O) groups excluding carboxylic acids is 5. The first-order valence-corrected chi connectivity index (χ1v) is 30.8. The molecule has 5 fully saturated rings. The Labute approximate surface area is 593 Å². The predicted molar refractivity (Wildman–Crippen MR) is 353 cm³/mol. The number of Topliss-reactive ketones (excluding diaryl/α,β-unsaturated/α-hetero) is 2. The van der Waals surface area contributed by atoms with Gasteiger partial charge in [-0.25, -0.2) is 14.4 Å². The van der Waals surface area contributed by atoms with Gasteiger partial charge in [0.2, 0.25) is 0 Å². The van der Waals surface area contributed by atoms with Crippen LogP contribution in [0.5, 0.6) is 0 Å². The van der Waals surface area contributed by atoms with Gasteiger partial charge in [0.05, 0.1) is 16.8 Å². The molecule has 16 nitrogen and oxygen atoms in total. The van der Waals surface area contributed by atoms with Gasteiger partial charge in [-0.2, -0.15) is 0 Å². The largest absolute Gasteiger partial charge is 1.00 e. The Balaban J connectivity index is 0. The number of benzene rings is 3. The van der Waals surface area contributed by atoms with Crippen molar-refractivity contribution in [1.82, 2.24) is 25.3 Å². The summed E-state index contributed by atoms with van der Waals surface area (Å²) in [6.07, 6.45) is 2.30. The molecule has 5 heterocycles. The molecular formula is C68H109ArCl3LiN5O11. The summed E-state index contributed by atoms with van der Waals surface area (Å²) < 4.78 is 15.9. The minimum Gasteiger partial charge on any atom is -1.00 e. The zero-order chi connectivity index (χ0) is 64.4. The second-order valence-corrected chi connectivity index (χ2v) is 30.0. The number of aliphatic hydroxyl groups is 3. The Hall–Kier alpha value is -2.66. The van der Waals surface area contributed by atoms with Crippen molar-refractivity contribution >= 4 is 64.6 Å². The van der Waals surface area contributed by atoms with Crippen molar-refractivity contribution in [2.24, 2.45) is 21.7 Å². The quantitative estimate of drug-likeness (QED) is 0.122. The maximum atomic E-state index is 12.3. The van der Waals surface area contributed by atoms with Crippen molar-refractivity contribution < 1.29 is 112 Å². The van der Waals surface area contributed by atoms with Crippen LogP contribution in [0, 0.1) is 59.4 Å². The van der Waals surface area contributed by atoms with Gasteiger partial charge in [0, 0.05) is 146 Å². The van der Waals surface area contributed by atoms with Gasteiger partial charge >= 0.3 is 37.1 Å². The number of nitrogens with zero attached hydrogens (tertiary/aromatic N) is 3. The van der Waals surface area contributed by atoms with Crippen LogP contribution in [0.2, 0.25) is 15.1 Å². The Bertz CT molecular complexity index is 2660. The Kier molecular flexibility index (Phi) is 33.6. The summed E-state index contributed by atoms with van der Waals surface area (Å²) in [5.74, 6) is 0.442. The van der Waals surface area contributed by atoms with Gasteiger partial charge in [0.25, 0.3) is 0 Å². The third-order valence-electron chi connectivity index (χ3n) is 16.3. The average Bonchev–Trinajstić information content (AvgIpc) is 0.798. The van der Waals surface area contributed by atoms with Crippen molar-refractivity contribution in [2.75, 3.05) is 65.4 Å². The number of nitrogens with one attached hydrogen (secondary N) is 2. The smallest absolute Gasteiger partial charge is 1.00 e. The van der Waals surface area contributed by atoms with E-state index in [9.17, 15) is 39.3 Å². The third kappa shape index (κ3) is 24.9. The third-order valence-corrected chi connectivity index (χ3v) is 17.1. The zero-order valence-electron chi connectivity index (χ0n) is 56.2. The van der Waals surface area contributed by atoms with E-state index in [2.05, 4.69) is 38.3 Å². The van der Waals surface area contributed by atoms with Crippen molar-refractivity contribution in [3.8, 4) is 0 Å². The minimum absolute atomic E-state index is 0. The summed E-state index contributed by atoms with van der Waals surface area (Å²) in [7, 11) is 0. The zero-order valence-corrected chi connectivity index (χ0v) is 58.2. The summed E-state index contributed by atoms with van der Waals surface area (Å²) in [5, 5.41) is 41.7. The first-order chi connectivity index (χ1) is 38.9. The molecular weight excluding hydrogens is 1220 g/mol. The van der Waals surface area contributed by atoms with Crippen LogP contribution in [-0.2, 0) is 40.6 Å². The van der Waals surface area contributed by atoms with E-state index >= 15 is 0 Å². The topological polar surface area (TPSA) is 208 Å². The molecule has 3 atom stereocenters. The van der Waals surface area contributed by atoms with Gasteiger partial charge in [-0.1, -0.05) is 141 Å². The number of likely N-dealkylation sites (tertiary alicyclic amines) is 3. The van der Waals surface area contributed by atoms with Crippen molar-refractivity contribution in [1.29, 1.82) is 0 Å². The molecule has 5 aliphatic heterocycles. The van der Waals surface area contributed by atoms with Crippen LogP contribution in [0.3, 0.4) is 0 Å². The molecule has 5 N–H and O–H groups in total. The number of rotatable bonds is 3. The predicted octanol–water partition coefficient (Wildman–Crippen LogP) is 11.5. The molecule has 5 saturated heterocycles. The molecule has 0 bridgehead atoms. The average molecular weight is 1330 g/mol. The Morgan fingerprint density at radius 3 is 1.06 bits per heavy atom. The fourth-order valence-corrected chi connectivity index (χ4v) is 11.2. The number of piperidine rings is 5. The van der Waals surface area contributed by atoms with Crippen LogP contribution in [0.15, 0.2) is 72.8 Å². The van der Waals surface area contributed by atoms with Crippen LogP contribution in [0.25, 0.3) is 0 Å². The fraction of sp³-hybridized carbons (Fsp3) is 0.662. The number of halogens is 3. The first-order valence-electron chi connectivity index (χ1n) is 29.7. The van der Waals surface area contributed by atoms with Crippen LogP contribution < -0.4 is 29.5 Å². The number of amides is 3. The maximum Gasteiger partial charge on any atom is 1.00 e. The summed E-state index contributed by atoms with van der Waals surface area (Å²) >= 11 is 17.7. The number of carbonyl (C=O) groups is 5. The fourth-order valence-electron chi connectivity index (χ4n) is 10.9. The summed E-state index contributed by atoms with van der Waals surface area (Å²) in [5.41, 5.74) is -2.53. The van der Waals surface area contributed by atoms with Crippen LogP contribution >= 0.6 is 34.8 Å². The molecule has 0 saturated carbocycles. The summed E-state index contributed by atoms with van der Waals surface area (Å²) in [6.45, 7) is 38.7. The van der Waals surface area contributed by atoms with Crippen LogP contribution in [-0.4, -0.2) is 142 Å². The van der Waals surface area contributed by atoms with Gasteiger partial charge in [0.1, 0.15) is 28.4 Å². The van der Waals surface area contributed by atoms with Gasteiger partial charge in [0.15, 0.2) is 0 Å². The summed E-state index contributed by atoms with van der Waals surface area (Å²) in [6, 6.07) is 22.3. The number of ketones is 2. The molecule has 21 heteroatoms. The molecule has 3 aromatic carbocycles. The van der Waals surface area contributed by atoms with Crippen LogP contribution in [0.1, 0.15) is 189 Å². The van der Waals surface area contributed by atoms with E-state index in [-0.39, 0.29) is 114 Å². The second kappa shape index (κ2) is 34.7. The van der Waals surface area contributed by atoms with Crippen molar-refractivity contribution in [2.45, 2.75) is 205 Å². The van der Waals surface area contributed by atoms with Crippen molar-refractivity contribution in [3.63, 3.8) is 0 Å². The Morgan fingerprint density at radius 1 is 0.472 bits per heavy atom. The second-order valence-electron chi connectivity index (χ2n) is 28.7. The molecule has 0 aromatic heterocycles. The van der Waals surface area contributed by atoms with Crippen LogP contribution in [0.4, 0.5) is 14.4 Å². The number of ether oxygens (including phenoxy) is 3. The van der Waals surface area contributed by atoms with E-state index < -0.39 is 44.4 Å². The molecule has 3 amide bonds. The van der Waals surface area contributed by atoms with E-state index in [1.54, 1.807) is 26.8 Å². The molecule has 89 heavy (non-hydrogen) atoms. The monoisotopic (exact) mass is 1320 g/mol. The molecule has 0 aliphatic carbocycles. The van der Waals surface area contributed by atoms with Gasteiger partial charge in [-0.05, 0) is 148 Å². The van der Waals surface area contributed by atoms with E-state index in [1.165, 1.54) is 0 Å². The van der Waals surface area contributed by atoms with E-state index in [0.29, 0.717) is 80.0 Å². The molecule has 0 spiro atoms. The minimum atomic E-state index is -1.00. The van der Waals surface area contributed by atoms with Gasteiger partial charge in [-0.15, -0.1) is 0 Å². The first kappa shape index (κ1) is 86.3. The SMILES string of the molecule is C.C.CC(C)(C)OC(=O)N1CCC(=O)C(C)(C)C1.CC(C)(C)OC(=O)N1CCC(=O)CC1.CC(C)(C)OC(=O)N1CCC(O)(c2ccc(Cl)cc2)C(C)(C)C1.CC1(C)CNCCC1(O)c1ccc(Cl)cc1.CC1(C)CNCCC1(O)c1ccc(Cl)cc1.[Ar].[H-].[Li+]. The normalized spacial score (nSPS) is 23.3. The van der Waals surface area contributed by atoms with E-state index in [4.69, 9.17) is 49.0 Å². The molecule has 3 aromatic rings. The molecule has 5 aliphatic rings. The molecule has 502 valence electrons. The van der Waals surface area contributed by atoms with Gasteiger partial charge < -0.3 is 56.3 Å². The number of hydrogen-bond acceptors (Lipinski definition) is 13. The molecule has 3 unspecified atom stereocenters. The van der Waals surface area contributed by atoms with Gasteiger partial charge in [-0.3, -0.25) is 9.59 Å².